The van der Waals surface area contributed by atoms with Gasteiger partial charge in [-0.3, -0.25) is 10.1 Å². The molecule has 0 aromatic heterocycles. The van der Waals surface area contributed by atoms with Crippen LogP contribution in [0, 0.1) is 5.92 Å². The molecule has 0 amide bonds. The van der Waals surface area contributed by atoms with Crippen LogP contribution in [-0.4, -0.2) is 23.5 Å². The van der Waals surface area contributed by atoms with Crippen molar-refractivity contribution in [3.05, 3.63) is 0 Å². The van der Waals surface area contributed by atoms with Crippen LogP contribution in [0.2, 0.25) is 0 Å². The summed E-state index contributed by atoms with van der Waals surface area (Å²) < 4.78 is 5.40. The van der Waals surface area contributed by atoms with E-state index in [1.165, 1.54) is 57.8 Å². The minimum absolute atomic E-state index is 0.0967. The lowest BCUT2D eigenvalue weighted by Gasteiger charge is -2.23. The summed E-state index contributed by atoms with van der Waals surface area (Å²) in [5, 5.41) is 12.8. The van der Waals surface area contributed by atoms with E-state index < -0.39 is 12.5 Å². The van der Waals surface area contributed by atoms with Crippen LogP contribution in [0.15, 0.2) is 0 Å². The molecule has 4 nitrogen and oxygen atoms in total. The highest BCUT2D eigenvalue weighted by molar-refractivity contribution is 5.69. The van der Waals surface area contributed by atoms with Crippen LogP contribution in [0.5, 0.6) is 0 Å². The summed E-state index contributed by atoms with van der Waals surface area (Å²) >= 11 is 0. The summed E-state index contributed by atoms with van der Waals surface area (Å²) in [5.41, 5.74) is 0. The first kappa shape index (κ1) is 24.4. The molecular formula is C21H43NO3. The van der Waals surface area contributed by atoms with Gasteiger partial charge in [0.15, 0.2) is 6.23 Å². The van der Waals surface area contributed by atoms with Crippen molar-refractivity contribution in [2.45, 2.75) is 124 Å². The molecule has 0 aliphatic carbocycles. The number of nitrogens with one attached hydrogen (secondary N) is 1. The van der Waals surface area contributed by atoms with Crippen molar-refractivity contribution in [1.82, 2.24) is 5.32 Å². The zero-order chi connectivity index (χ0) is 18.9. The lowest BCUT2D eigenvalue weighted by Crippen LogP contribution is -2.43. The van der Waals surface area contributed by atoms with Gasteiger partial charge in [-0.15, -0.1) is 0 Å². The predicted octanol–water partition coefficient (Wildman–Crippen LogP) is 5.53. The lowest BCUT2D eigenvalue weighted by atomic mass is 10.1. The molecule has 0 bridgehead atoms. The second kappa shape index (κ2) is 16.8. The number of carbonyl (C=O) groups is 1. The van der Waals surface area contributed by atoms with Gasteiger partial charge in [-0.05, 0) is 18.8 Å². The zero-order valence-electron chi connectivity index (χ0n) is 17.2. The van der Waals surface area contributed by atoms with Crippen molar-refractivity contribution >= 4 is 5.97 Å². The number of carbonyl (C=O) groups excluding carboxylic acids is 1. The SMILES string of the molecule is CCCCCCCCCCCCCC(=O)OC(CC)NC(O)C(C)C. The van der Waals surface area contributed by atoms with Crippen LogP contribution in [0.3, 0.4) is 0 Å². The van der Waals surface area contributed by atoms with Gasteiger partial charge in [-0.1, -0.05) is 91.9 Å². The molecule has 2 N–H and O–H groups in total. The molecule has 150 valence electrons. The molecule has 0 radical (unpaired) electrons. The molecule has 0 heterocycles. The van der Waals surface area contributed by atoms with Crippen molar-refractivity contribution in [3.63, 3.8) is 0 Å². The summed E-state index contributed by atoms with van der Waals surface area (Å²) in [6.07, 6.45) is 14.1. The van der Waals surface area contributed by atoms with Crippen LogP contribution < -0.4 is 5.32 Å². The number of ether oxygens (including phenoxy) is 1. The highest BCUT2D eigenvalue weighted by atomic mass is 16.6. The number of aliphatic hydroxyl groups excluding tert-OH is 1. The summed E-state index contributed by atoms with van der Waals surface area (Å²) in [6.45, 7) is 8.05. The summed E-state index contributed by atoms with van der Waals surface area (Å²) in [5.74, 6) is -0.0642. The third-order valence-corrected chi connectivity index (χ3v) is 4.62. The lowest BCUT2D eigenvalue weighted by molar-refractivity contribution is -0.153. The molecule has 0 aliphatic rings. The van der Waals surface area contributed by atoms with E-state index in [9.17, 15) is 9.90 Å². The molecule has 0 fully saturated rings. The Morgan fingerprint density at radius 1 is 0.880 bits per heavy atom. The minimum atomic E-state index is -0.639. The van der Waals surface area contributed by atoms with Gasteiger partial charge < -0.3 is 9.84 Å². The van der Waals surface area contributed by atoms with E-state index in [1.807, 2.05) is 20.8 Å². The molecule has 2 unspecified atom stereocenters. The fraction of sp³-hybridized carbons (Fsp3) is 0.952. The van der Waals surface area contributed by atoms with Crippen molar-refractivity contribution in [3.8, 4) is 0 Å². The van der Waals surface area contributed by atoms with Crippen molar-refractivity contribution in [2.75, 3.05) is 0 Å². The maximum absolute atomic E-state index is 11.9. The van der Waals surface area contributed by atoms with Gasteiger partial charge in [0.05, 0.1) is 0 Å². The average Bonchev–Trinajstić information content (AvgIpc) is 2.58. The number of unbranched alkanes of at least 4 members (excludes halogenated alkanes) is 10. The molecule has 2 atom stereocenters. The molecule has 0 rings (SSSR count). The smallest absolute Gasteiger partial charge is 0.307 e. The molecule has 0 aromatic rings. The summed E-state index contributed by atoms with van der Waals surface area (Å²) in [7, 11) is 0. The zero-order valence-corrected chi connectivity index (χ0v) is 17.2. The second-order valence-electron chi connectivity index (χ2n) is 7.53. The fourth-order valence-corrected chi connectivity index (χ4v) is 2.77. The van der Waals surface area contributed by atoms with Gasteiger partial charge in [0.25, 0.3) is 0 Å². The van der Waals surface area contributed by atoms with Crippen LogP contribution in [0.25, 0.3) is 0 Å². The van der Waals surface area contributed by atoms with Crippen molar-refractivity contribution in [1.29, 1.82) is 0 Å². The van der Waals surface area contributed by atoms with E-state index in [0.717, 1.165) is 12.8 Å². The molecule has 0 aromatic carbocycles. The Morgan fingerprint density at radius 2 is 1.36 bits per heavy atom. The number of hydrogen-bond donors (Lipinski definition) is 2. The Hall–Kier alpha value is -0.610. The van der Waals surface area contributed by atoms with E-state index in [0.29, 0.717) is 12.8 Å². The van der Waals surface area contributed by atoms with Gasteiger partial charge >= 0.3 is 5.97 Å². The number of aliphatic hydroxyl groups is 1. The standard InChI is InChI=1S/C21H43NO3/c1-5-7-8-9-10-11-12-13-14-15-16-17-20(23)25-19(6-2)22-21(24)18(3)4/h18-19,21-22,24H,5-17H2,1-4H3. The van der Waals surface area contributed by atoms with Gasteiger partial charge in [0.1, 0.15) is 6.23 Å². The number of esters is 1. The molecule has 4 heteroatoms. The fourth-order valence-electron chi connectivity index (χ4n) is 2.77. The predicted molar refractivity (Wildman–Crippen MR) is 105 cm³/mol. The van der Waals surface area contributed by atoms with Gasteiger partial charge in [0.2, 0.25) is 0 Å². The van der Waals surface area contributed by atoms with Crippen molar-refractivity contribution in [2.24, 2.45) is 5.92 Å². The van der Waals surface area contributed by atoms with Gasteiger partial charge in [-0.2, -0.15) is 0 Å². The molecule has 0 saturated heterocycles. The monoisotopic (exact) mass is 357 g/mol. The van der Waals surface area contributed by atoms with E-state index in [-0.39, 0.29) is 11.9 Å². The normalized spacial score (nSPS) is 13.8. The highest BCUT2D eigenvalue weighted by Gasteiger charge is 2.17. The van der Waals surface area contributed by atoms with Crippen molar-refractivity contribution < 1.29 is 14.6 Å². The summed E-state index contributed by atoms with van der Waals surface area (Å²) in [4.78, 5) is 11.9. The summed E-state index contributed by atoms with van der Waals surface area (Å²) in [6, 6.07) is 0. The maximum atomic E-state index is 11.9. The Morgan fingerprint density at radius 3 is 1.80 bits per heavy atom. The maximum Gasteiger partial charge on any atom is 0.307 e. The molecule has 25 heavy (non-hydrogen) atoms. The average molecular weight is 358 g/mol. The van der Waals surface area contributed by atoms with E-state index in [2.05, 4.69) is 12.2 Å². The Kier molecular flexibility index (Phi) is 16.4. The van der Waals surface area contributed by atoms with Crippen LogP contribution >= 0.6 is 0 Å². The van der Waals surface area contributed by atoms with E-state index in [1.54, 1.807) is 0 Å². The Labute approximate surface area is 156 Å². The van der Waals surface area contributed by atoms with E-state index in [4.69, 9.17) is 4.74 Å². The largest absolute Gasteiger partial charge is 0.446 e. The minimum Gasteiger partial charge on any atom is -0.446 e. The first-order valence-electron chi connectivity index (χ1n) is 10.6. The molecular weight excluding hydrogens is 314 g/mol. The quantitative estimate of drug-likeness (QED) is 0.204. The second-order valence-corrected chi connectivity index (χ2v) is 7.53. The Bertz CT molecular complexity index is 308. The number of hydrogen-bond acceptors (Lipinski definition) is 4. The van der Waals surface area contributed by atoms with Gasteiger partial charge in [-0.25, -0.2) is 0 Å². The van der Waals surface area contributed by atoms with Crippen LogP contribution in [0.4, 0.5) is 0 Å². The topological polar surface area (TPSA) is 58.6 Å². The molecule has 0 spiro atoms. The molecule has 0 aliphatic heterocycles. The first-order valence-corrected chi connectivity index (χ1v) is 10.6. The van der Waals surface area contributed by atoms with E-state index >= 15 is 0 Å². The highest BCUT2D eigenvalue weighted by Crippen LogP contribution is 2.12. The third kappa shape index (κ3) is 15.4. The third-order valence-electron chi connectivity index (χ3n) is 4.62. The number of rotatable bonds is 17. The van der Waals surface area contributed by atoms with Gasteiger partial charge in [0, 0.05) is 6.42 Å². The Balaban J connectivity index is 3.53. The first-order chi connectivity index (χ1) is 12.0. The van der Waals surface area contributed by atoms with Crippen LogP contribution in [-0.2, 0) is 9.53 Å². The molecule has 0 saturated carbocycles. The van der Waals surface area contributed by atoms with Crippen LogP contribution in [0.1, 0.15) is 111 Å².